The van der Waals surface area contributed by atoms with Gasteiger partial charge in [-0.2, -0.15) is 0 Å². The summed E-state index contributed by atoms with van der Waals surface area (Å²) < 4.78 is 33.1. The lowest BCUT2D eigenvalue weighted by Gasteiger charge is -2.14. The third-order valence-electron chi connectivity index (χ3n) is 3.25. The van der Waals surface area contributed by atoms with Crippen LogP contribution >= 0.6 is 10.7 Å². The fraction of sp³-hybridized carbons (Fsp3) is 0.462. The van der Waals surface area contributed by atoms with E-state index in [0.717, 1.165) is 0 Å². The molecule has 0 aliphatic carbocycles. The lowest BCUT2D eigenvalue weighted by molar-refractivity contribution is -0.127. The number of halogens is 1. The van der Waals surface area contributed by atoms with Gasteiger partial charge in [0.2, 0.25) is 0 Å². The van der Waals surface area contributed by atoms with Gasteiger partial charge in [0.1, 0.15) is 5.75 Å². The van der Waals surface area contributed by atoms with Crippen LogP contribution in [0.1, 0.15) is 12.5 Å². The molecule has 1 aromatic carbocycles. The van der Waals surface area contributed by atoms with Crippen molar-refractivity contribution in [1.82, 2.24) is 5.32 Å². The van der Waals surface area contributed by atoms with Crippen molar-refractivity contribution in [3.05, 3.63) is 23.8 Å². The molecule has 0 bridgehead atoms. The minimum Gasteiger partial charge on any atom is -0.480 e. The number of hydrogen-bond donors (Lipinski definition) is 1. The molecule has 0 saturated heterocycles. The molecule has 2 unspecified atom stereocenters. The number of carbonyl (C=O) groups excluding carboxylic acids is 1. The molecule has 1 aliphatic rings. The average molecular weight is 334 g/mol. The van der Waals surface area contributed by atoms with Crippen molar-refractivity contribution < 1.29 is 22.7 Å². The molecule has 2 atom stereocenters. The third-order valence-corrected chi connectivity index (χ3v) is 4.60. The first kappa shape index (κ1) is 16.1. The second-order valence-electron chi connectivity index (χ2n) is 4.81. The van der Waals surface area contributed by atoms with Crippen molar-refractivity contribution in [1.29, 1.82) is 0 Å². The first-order chi connectivity index (χ1) is 9.81. The van der Waals surface area contributed by atoms with Crippen LogP contribution < -0.4 is 10.1 Å². The van der Waals surface area contributed by atoms with E-state index < -0.39 is 15.2 Å². The predicted octanol–water partition coefficient (Wildman–Crippen LogP) is 1.07. The van der Waals surface area contributed by atoms with Crippen LogP contribution in [0, 0.1) is 0 Å². The first-order valence-corrected chi connectivity index (χ1v) is 8.67. The molecular weight excluding hydrogens is 318 g/mol. The van der Waals surface area contributed by atoms with Crippen LogP contribution in [-0.2, 0) is 25.0 Å². The van der Waals surface area contributed by atoms with E-state index in [-0.39, 0.29) is 16.9 Å². The minimum atomic E-state index is -3.79. The van der Waals surface area contributed by atoms with Crippen molar-refractivity contribution in [2.24, 2.45) is 0 Å². The summed E-state index contributed by atoms with van der Waals surface area (Å²) in [5, 5.41) is 2.72. The maximum absolute atomic E-state index is 12.0. The zero-order valence-electron chi connectivity index (χ0n) is 11.6. The van der Waals surface area contributed by atoms with Crippen molar-refractivity contribution in [3.8, 4) is 5.75 Å². The summed E-state index contributed by atoms with van der Waals surface area (Å²) in [6.45, 7) is 2.22. The van der Waals surface area contributed by atoms with E-state index in [2.05, 4.69) is 5.32 Å². The number of nitrogens with one attached hydrogen (secondary N) is 1. The summed E-state index contributed by atoms with van der Waals surface area (Å²) in [4.78, 5) is 12.0. The van der Waals surface area contributed by atoms with Crippen LogP contribution in [0.2, 0.25) is 0 Å². The molecule has 1 N–H and O–H groups in total. The Morgan fingerprint density at radius 1 is 1.57 bits per heavy atom. The Bertz CT molecular complexity index is 646. The number of methoxy groups -OCH3 is 1. The molecule has 6 nitrogen and oxygen atoms in total. The average Bonchev–Trinajstić information content (AvgIpc) is 2.86. The maximum atomic E-state index is 12.0. The molecule has 2 rings (SSSR count). The molecule has 0 saturated carbocycles. The fourth-order valence-corrected chi connectivity index (χ4v) is 2.77. The molecule has 116 valence electrons. The van der Waals surface area contributed by atoms with Gasteiger partial charge in [-0.05, 0) is 30.7 Å². The van der Waals surface area contributed by atoms with Crippen molar-refractivity contribution >= 4 is 25.6 Å². The molecule has 8 heteroatoms. The van der Waals surface area contributed by atoms with Gasteiger partial charge in [0.05, 0.1) is 11.0 Å². The third kappa shape index (κ3) is 3.87. The van der Waals surface area contributed by atoms with Crippen molar-refractivity contribution in [2.75, 3.05) is 13.7 Å². The highest BCUT2D eigenvalue weighted by atomic mass is 35.7. The molecular formula is C13H16ClNO5S. The van der Waals surface area contributed by atoms with Gasteiger partial charge in [-0.25, -0.2) is 8.42 Å². The van der Waals surface area contributed by atoms with E-state index in [9.17, 15) is 13.2 Å². The summed E-state index contributed by atoms with van der Waals surface area (Å²) in [6, 6.07) is 4.30. The summed E-state index contributed by atoms with van der Waals surface area (Å²) in [6.07, 6.45) is -0.453. The Kier molecular flexibility index (Phi) is 4.75. The monoisotopic (exact) mass is 333 g/mol. The van der Waals surface area contributed by atoms with Crippen LogP contribution in [0.4, 0.5) is 0 Å². The molecule has 0 aromatic heterocycles. The summed E-state index contributed by atoms with van der Waals surface area (Å²) >= 11 is 0. The van der Waals surface area contributed by atoms with Gasteiger partial charge in [-0.1, -0.05) is 0 Å². The maximum Gasteiger partial charge on any atom is 0.261 e. The van der Waals surface area contributed by atoms with Gasteiger partial charge < -0.3 is 14.8 Å². The number of rotatable bonds is 5. The Morgan fingerprint density at radius 3 is 2.90 bits per heavy atom. The number of carbonyl (C=O) groups is 1. The highest BCUT2D eigenvalue weighted by molar-refractivity contribution is 8.13. The van der Waals surface area contributed by atoms with Crippen LogP contribution in [0.5, 0.6) is 5.75 Å². The lowest BCUT2D eigenvalue weighted by atomic mass is 10.1. The quantitative estimate of drug-likeness (QED) is 0.815. The number of benzene rings is 1. The smallest absolute Gasteiger partial charge is 0.261 e. The fourth-order valence-electron chi connectivity index (χ4n) is 1.96. The van der Waals surface area contributed by atoms with Crippen molar-refractivity contribution in [3.63, 3.8) is 0 Å². The first-order valence-electron chi connectivity index (χ1n) is 6.36. The summed E-state index contributed by atoms with van der Waals surface area (Å²) in [5.74, 6) is 0.240. The zero-order valence-corrected chi connectivity index (χ0v) is 13.2. The summed E-state index contributed by atoms with van der Waals surface area (Å²) in [7, 11) is 3.07. The SMILES string of the molecule is COC(C)CNC(=O)C1Cc2cc(S(=O)(=O)Cl)ccc2O1. The Balaban J connectivity index is 2.04. The van der Waals surface area contributed by atoms with Crippen molar-refractivity contribution in [2.45, 2.75) is 30.4 Å². The van der Waals surface area contributed by atoms with Gasteiger partial charge in [-0.3, -0.25) is 4.79 Å². The molecule has 21 heavy (non-hydrogen) atoms. The topological polar surface area (TPSA) is 81.7 Å². The highest BCUT2D eigenvalue weighted by Crippen LogP contribution is 2.31. The zero-order chi connectivity index (χ0) is 15.6. The van der Waals surface area contributed by atoms with Gasteiger partial charge in [0.15, 0.2) is 6.10 Å². The molecule has 0 fully saturated rings. The minimum absolute atomic E-state index is 0.000537. The number of amides is 1. The van der Waals surface area contributed by atoms with Gasteiger partial charge >= 0.3 is 0 Å². The van der Waals surface area contributed by atoms with Crippen LogP contribution in [0.25, 0.3) is 0 Å². The van der Waals surface area contributed by atoms with Gasteiger partial charge in [0.25, 0.3) is 15.0 Å². The van der Waals surface area contributed by atoms with E-state index in [1.165, 1.54) is 18.2 Å². The molecule has 1 amide bonds. The normalized spacial score (nSPS) is 18.7. The van der Waals surface area contributed by atoms with E-state index in [1.54, 1.807) is 7.11 Å². The number of ether oxygens (including phenoxy) is 2. The van der Waals surface area contributed by atoms with Crippen LogP contribution in [0.3, 0.4) is 0 Å². The highest BCUT2D eigenvalue weighted by Gasteiger charge is 2.30. The predicted molar refractivity (Wildman–Crippen MR) is 77.1 cm³/mol. The van der Waals surface area contributed by atoms with E-state index in [0.29, 0.717) is 24.3 Å². The molecule has 0 radical (unpaired) electrons. The molecule has 0 spiro atoms. The molecule has 1 heterocycles. The summed E-state index contributed by atoms with van der Waals surface area (Å²) in [5.41, 5.74) is 0.650. The van der Waals surface area contributed by atoms with Gasteiger partial charge in [0, 0.05) is 30.8 Å². The standard InChI is InChI=1S/C13H16ClNO5S/c1-8(19-2)7-15-13(16)12-6-9-5-10(21(14,17)18)3-4-11(9)20-12/h3-5,8,12H,6-7H2,1-2H3,(H,15,16). The Morgan fingerprint density at radius 2 is 2.29 bits per heavy atom. The molecule has 1 aromatic rings. The van der Waals surface area contributed by atoms with E-state index in [4.69, 9.17) is 20.2 Å². The van der Waals surface area contributed by atoms with Crippen LogP contribution in [0.15, 0.2) is 23.1 Å². The lowest BCUT2D eigenvalue weighted by Crippen LogP contribution is -2.40. The Hall–Kier alpha value is -1.31. The van der Waals surface area contributed by atoms with Crippen LogP contribution in [-0.4, -0.2) is 40.2 Å². The molecule has 1 aliphatic heterocycles. The number of fused-ring (bicyclic) bond motifs is 1. The van der Waals surface area contributed by atoms with E-state index >= 15 is 0 Å². The Labute approximate surface area is 127 Å². The second kappa shape index (κ2) is 6.21. The van der Waals surface area contributed by atoms with E-state index in [1.807, 2.05) is 6.92 Å². The number of hydrogen-bond acceptors (Lipinski definition) is 5. The van der Waals surface area contributed by atoms with Gasteiger partial charge in [-0.15, -0.1) is 0 Å². The second-order valence-corrected chi connectivity index (χ2v) is 7.38. The largest absolute Gasteiger partial charge is 0.480 e.